The lowest BCUT2D eigenvalue weighted by Crippen LogP contribution is -2.35. The molecule has 1 N–H and O–H groups in total. The number of carbonyl (C=O) groups excluding carboxylic acids is 1. The molecule has 1 aromatic carbocycles. The Morgan fingerprint density at radius 3 is 2.55 bits per heavy atom. The number of likely N-dealkylation sites (tertiary alicyclic amines) is 1. The van der Waals surface area contributed by atoms with E-state index in [4.69, 9.17) is 11.6 Å². The summed E-state index contributed by atoms with van der Waals surface area (Å²) in [4.78, 5) is 36.9. The Balaban J connectivity index is 1.60. The molecule has 3 aromatic heterocycles. The van der Waals surface area contributed by atoms with E-state index < -0.39 is 40.6 Å². The lowest BCUT2D eigenvalue weighted by atomic mass is 10.0. The van der Waals surface area contributed by atoms with Crippen LogP contribution >= 0.6 is 11.6 Å². The minimum Gasteiger partial charge on any atom is -0.494 e. The van der Waals surface area contributed by atoms with Gasteiger partial charge >= 0.3 is 0 Å². The first-order valence-electron chi connectivity index (χ1n) is 13.0. The van der Waals surface area contributed by atoms with Gasteiger partial charge in [0.05, 0.1) is 11.1 Å². The smallest absolute Gasteiger partial charge is 0.290 e. The predicted molar refractivity (Wildman–Crippen MR) is 144 cm³/mol. The quantitative estimate of drug-likeness (QED) is 0.344. The van der Waals surface area contributed by atoms with Gasteiger partial charge in [-0.3, -0.25) is 23.8 Å². The van der Waals surface area contributed by atoms with Crippen LogP contribution in [0.4, 0.5) is 8.78 Å². The minimum absolute atomic E-state index is 0.0209. The fourth-order valence-corrected chi connectivity index (χ4v) is 5.26. The zero-order valence-electron chi connectivity index (χ0n) is 21.9. The molecule has 1 aliphatic rings. The average molecular weight is 569 g/mol. The number of aromatic hydroxyl groups is 1. The monoisotopic (exact) mass is 568 g/mol. The van der Waals surface area contributed by atoms with Crippen molar-refractivity contribution < 1.29 is 18.7 Å². The Morgan fingerprint density at radius 2 is 1.93 bits per heavy atom. The zero-order valence-corrected chi connectivity index (χ0v) is 22.6. The highest BCUT2D eigenvalue weighted by molar-refractivity contribution is 6.30. The summed E-state index contributed by atoms with van der Waals surface area (Å²) in [7, 11) is 0. The molecule has 0 spiro atoms. The highest BCUT2D eigenvalue weighted by atomic mass is 35.5. The third kappa shape index (κ3) is 5.21. The average Bonchev–Trinajstić information content (AvgIpc) is 3.60. The van der Waals surface area contributed by atoms with Crippen LogP contribution in [0.5, 0.6) is 5.88 Å². The van der Waals surface area contributed by atoms with Gasteiger partial charge in [0, 0.05) is 49.7 Å². The number of nitrogens with zero attached hydrogens (tertiary/aromatic N) is 6. The SMILES string of the molecule is CCC(c1cc(F)cc(F)c1)n1c(-c2ccn(CC)n2)nc(=O)c(C(=O)N2CCC(c3ccc(Cl)cn3)C2)c1O. The van der Waals surface area contributed by atoms with Crippen molar-refractivity contribution in [3.05, 3.63) is 92.6 Å². The first-order valence-corrected chi connectivity index (χ1v) is 13.3. The molecule has 2 atom stereocenters. The second-order valence-electron chi connectivity index (χ2n) is 9.63. The highest BCUT2D eigenvalue weighted by Gasteiger charge is 2.34. The molecule has 1 aliphatic heterocycles. The number of carbonyl (C=O) groups is 1. The number of amides is 1. The minimum atomic E-state index is -0.923. The Morgan fingerprint density at radius 1 is 1.18 bits per heavy atom. The number of halogens is 3. The summed E-state index contributed by atoms with van der Waals surface area (Å²) in [6.07, 6.45) is 4.08. The molecule has 1 saturated heterocycles. The molecule has 0 aliphatic carbocycles. The van der Waals surface area contributed by atoms with E-state index in [1.807, 2.05) is 6.92 Å². The Kier molecular flexibility index (Phi) is 7.66. The van der Waals surface area contributed by atoms with Crippen LogP contribution in [-0.4, -0.2) is 53.3 Å². The summed E-state index contributed by atoms with van der Waals surface area (Å²) in [5, 5.41) is 16.5. The molecule has 0 saturated carbocycles. The van der Waals surface area contributed by atoms with Gasteiger partial charge < -0.3 is 10.0 Å². The molecule has 9 nitrogen and oxygen atoms in total. The van der Waals surface area contributed by atoms with Gasteiger partial charge in [-0.2, -0.15) is 10.1 Å². The van der Waals surface area contributed by atoms with E-state index in [1.54, 1.807) is 36.0 Å². The van der Waals surface area contributed by atoms with Crippen molar-refractivity contribution in [2.75, 3.05) is 13.1 Å². The van der Waals surface area contributed by atoms with Gasteiger partial charge in [0.15, 0.2) is 11.4 Å². The van der Waals surface area contributed by atoms with Crippen LogP contribution in [0.3, 0.4) is 0 Å². The van der Waals surface area contributed by atoms with E-state index >= 15 is 0 Å². The molecular weight excluding hydrogens is 542 g/mol. The van der Waals surface area contributed by atoms with Crippen LogP contribution in [0.1, 0.15) is 60.3 Å². The molecule has 208 valence electrons. The summed E-state index contributed by atoms with van der Waals surface area (Å²) in [5.74, 6) is -3.02. The number of benzene rings is 1. The molecule has 12 heteroatoms. The predicted octanol–water partition coefficient (Wildman–Crippen LogP) is 4.79. The number of pyridine rings is 1. The zero-order chi connectivity index (χ0) is 28.6. The summed E-state index contributed by atoms with van der Waals surface area (Å²) in [6, 6.07) is 7.31. The Labute approximate surface area is 233 Å². The number of aromatic nitrogens is 5. The van der Waals surface area contributed by atoms with Gasteiger partial charge in [-0.25, -0.2) is 8.78 Å². The van der Waals surface area contributed by atoms with Crippen molar-refractivity contribution in [1.29, 1.82) is 0 Å². The van der Waals surface area contributed by atoms with Crippen LogP contribution in [0.2, 0.25) is 5.02 Å². The largest absolute Gasteiger partial charge is 0.494 e. The van der Waals surface area contributed by atoms with Crippen molar-refractivity contribution in [3.8, 4) is 17.4 Å². The van der Waals surface area contributed by atoms with Crippen LogP contribution < -0.4 is 5.56 Å². The lowest BCUT2D eigenvalue weighted by Gasteiger charge is -2.25. The van der Waals surface area contributed by atoms with E-state index in [9.17, 15) is 23.5 Å². The van der Waals surface area contributed by atoms with Crippen molar-refractivity contribution in [1.82, 2.24) is 29.2 Å². The maximum Gasteiger partial charge on any atom is 0.290 e. The molecule has 2 unspecified atom stereocenters. The van der Waals surface area contributed by atoms with Crippen molar-refractivity contribution in [2.24, 2.45) is 0 Å². The Hall–Kier alpha value is -4.12. The summed E-state index contributed by atoms with van der Waals surface area (Å²) in [5.41, 5.74) is -0.212. The molecule has 4 heterocycles. The van der Waals surface area contributed by atoms with E-state index in [2.05, 4.69) is 15.1 Å². The van der Waals surface area contributed by atoms with Crippen LogP contribution in [-0.2, 0) is 6.54 Å². The van der Waals surface area contributed by atoms with Gasteiger partial charge in [0.25, 0.3) is 11.5 Å². The molecule has 0 radical (unpaired) electrons. The van der Waals surface area contributed by atoms with Crippen LogP contribution in [0.25, 0.3) is 11.5 Å². The lowest BCUT2D eigenvalue weighted by molar-refractivity contribution is 0.0783. The van der Waals surface area contributed by atoms with Crippen molar-refractivity contribution in [2.45, 2.75) is 45.2 Å². The summed E-state index contributed by atoms with van der Waals surface area (Å²) < 4.78 is 31.3. The Bertz CT molecular complexity index is 1600. The maximum absolute atomic E-state index is 14.2. The van der Waals surface area contributed by atoms with Crippen LogP contribution in [0.15, 0.2) is 53.6 Å². The van der Waals surface area contributed by atoms with Gasteiger partial charge in [-0.15, -0.1) is 0 Å². The van der Waals surface area contributed by atoms with E-state index in [1.165, 1.54) is 15.7 Å². The third-order valence-corrected chi connectivity index (χ3v) is 7.34. The topological polar surface area (TPSA) is 106 Å². The second-order valence-corrected chi connectivity index (χ2v) is 10.1. The van der Waals surface area contributed by atoms with E-state index in [0.717, 1.165) is 23.9 Å². The fourth-order valence-electron chi connectivity index (χ4n) is 5.15. The van der Waals surface area contributed by atoms with Crippen molar-refractivity contribution >= 4 is 17.5 Å². The summed E-state index contributed by atoms with van der Waals surface area (Å²) in [6.45, 7) is 4.79. The number of hydrogen-bond donors (Lipinski definition) is 1. The molecule has 1 fully saturated rings. The molecule has 0 bridgehead atoms. The fraction of sp³-hybridized carbons (Fsp3) is 0.321. The summed E-state index contributed by atoms with van der Waals surface area (Å²) >= 11 is 5.95. The van der Waals surface area contributed by atoms with Gasteiger partial charge in [0.2, 0.25) is 5.88 Å². The van der Waals surface area contributed by atoms with Gasteiger partial charge in [0.1, 0.15) is 17.3 Å². The van der Waals surface area contributed by atoms with Gasteiger partial charge in [-0.05, 0) is 55.7 Å². The first kappa shape index (κ1) is 27.4. The molecular formula is C28H27ClF2N6O3. The standard InChI is InChI=1S/C28H27ClF2N6O3/c1-3-23(17-11-19(30)13-20(31)12-17)37-25(22-8-10-36(4-2)34-22)33-26(38)24(28(37)40)27(39)35-9-7-16(15-35)21-6-5-18(29)14-32-21/h5-6,8,10-14,16,23,40H,3-4,7,9,15H2,1-2H3. The van der Waals surface area contributed by atoms with Gasteiger partial charge in [-0.1, -0.05) is 18.5 Å². The first-order chi connectivity index (χ1) is 19.2. The van der Waals surface area contributed by atoms with Crippen molar-refractivity contribution in [3.63, 3.8) is 0 Å². The normalized spacial score (nSPS) is 15.9. The highest BCUT2D eigenvalue weighted by Crippen LogP contribution is 2.35. The van der Waals surface area contributed by atoms with E-state index in [0.29, 0.717) is 24.5 Å². The molecule has 5 rings (SSSR count). The molecule has 4 aromatic rings. The second kappa shape index (κ2) is 11.2. The van der Waals surface area contributed by atoms with E-state index in [-0.39, 0.29) is 36.0 Å². The number of rotatable bonds is 7. The molecule has 1 amide bonds. The molecule has 40 heavy (non-hydrogen) atoms. The maximum atomic E-state index is 14.2. The van der Waals surface area contributed by atoms with Crippen LogP contribution in [0, 0.1) is 11.6 Å². The third-order valence-electron chi connectivity index (χ3n) is 7.12. The number of aryl methyl sites for hydroxylation is 1. The number of hydrogen-bond acceptors (Lipinski definition) is 6.